The van der Waals surface area contributed by atoms with Gasteiger partial charge in [0.1, 0.15) is 13.2 Å². The van der Waals surface area contributed by atoms with E-state index in [1.165, 1.54) is 19.3 Å². The zero-order valence-electron chi connectivity index (χ0n) is 17.5. The topological polar surface area (TPSA) is 72.1 Å². The summed E-state index contributed by atoms with van der Waals surface area (Å²) in [6.07, 6.45) is 6.52. The fraction of sp³-hybridized carbons (Fsp3) is 0.682. The number of fused-ring (bicyclic) bond motifs is 1. The second-order valence-corrected chi connectivity index (χ2v) is 7.72. The van der Waals surface area contributed by atoms with Crippen LogP contribution in [-0.4, -0.2) is 70.4 Å². The van der Waals surface area contributed by atoms with Crippen LogP contribution < -0.4 is 20.1 Å². The van der Waals surface area contributed by atoms with Crippen LogP contribution in [0.3, 0.4) is 0 Å². The van der Waals surface area contributed by atoms with Crippen LogP contribution >= 0.6 is 0 Å². The molecule has 2 heterocycles. The number of hydrogen-bond acceptors (Lipinski definition) is 6. The normalized spacial score (nSPS) is 18.8. The van der Waals surface area contributed by atoms with Gasteiger partial charge < -0.3 is 29.7 Å². The summed E-state index contributed by atoms with van der Waals surface area (Å²) < 4.78 is 17.7. The standard InChI is InChI=1S/C22H35N3O4/c1-23-16-22(18-5-6-20-21(15-18)29-14-13-28-20)27-12-8-19(7-9-24-17-26)25-10-3-2-4-11-25/h5-6,15,17,19,22-23H,2-4,7-14,16H2,1H3,(H,24,26). The number of nitrogens with one attached hydrogen (secondary N) is 2. The molecule has 162 valence electrons. The summed E-state index contributed by atoms with van der Waals surface area (Å²) in [4.78, 5) is 13.2. The van der Waals surface area contributed by atoms with Crippen molar-refractivity contribution < 1.29 is 19.0 Å². The summed E-state index contributed by atoms with van der Waals surface area (Å²) in [5.41, 5.74) is 1.10. The van der Waals surface area contributed by atoms with E-state index >= 15 is 0 Å². The second kappa shape index (κ2) is 12.0. The highest BCUT2D eigenvalue weighted by atomic mass is 16.6. The Morgan fingerprint density at radius 1 is 1.14 bits per heavy atom. The van der Waals surface area contributed by atoms with E-state index in [-0.39, 0.29) is 6.10 Å². The molecule has 0 radical (unpaired) electrons. The van der Waals surface area contributed by atoms with E-state index in [0.717, 1.165) is 55.9 Å². The molecule has 2 aliphatic heterocycles. The van der Waals surface area contributed by atoms with Crippen molar-refractivity contribution in [3.05, 3.63) is 23.8 Å². The van der Waals surface area contributed by atoms with Gasteiger partial charge in [-0.2, -0.15) is 0 Å². The fourth-order valence-electron chi connectivity index (χ4n) is 4.17. The first-order valence-corrected chi connectivity index (χ1v) is 10.9. The molecule has 0 spiro atoms. The van der Waals surface area contributed by atoms with E-state index in [4.69, 9.17) is 14.2 Å². The highest BCUT2D eigenvalue weighted by molar-refractivity contribution is 5.45. The van der Waals surface area contributed by atoms with Crippen molar-refractivity contribution >= 4 is 6.41 Å². The molecule has 0 aromatic heterocycles. The van der Waals surface area contributed by atoms with Crippen LogP contribution in [0.5, 0.6) is 11.5 Å². The molecule has 3 rings (SSSR count). The lowest BCUT2D eigenvalue weighted by Crippen LogP contribution is -2.41. The van der Waals surface area contributed by atoms with Gasteiger partial charge in [-0.3, -0.25) is 4.79 Å². The van der Waals surface area contributed by atoms with Crippen LogP contribution in [0.4, 0.5) is 0 Å². The Balaban J connectivity index is 1.56. The molecule has 7 nitrogen and oxygen atoms in total. The summed E-state index contributed by atoms with van der Waals surface area (Å²) >= 11 is 0. The van der Waals surface area contributed by atoms with E-state index in [2.05, 4.69) is 21.6 Å². The maximum atomic E-state index is 10.6. The predicted octanol–water partition coefficient (Wildman–Crippen LogP) is 2.12. The van der Waals surface area contributed by atoms with Crippen molar-refractivity contribution in [2.75, 3.05) is 53.0 Å². The molecule has 2 N–H and O–H groups in total. The molecule has 1 aromatic rings. The summed E-state index contributed by atoms with van der Waals surface area (Å²) in [6, 6.07) is 6.51. The number of ether oxygens (including phenoxy) is 3. The van der Waals surface area contributed by atoms with Gasteiger partial charge in [0.2, 0.25) is 6.41 Å². The SMILES string of the molecule is CNCC(OCCC(CCNC=O)N1CCCCC1)c1ccc2c(c1)OCCO2. The second-order valence-electron chi connectivity index (χ2n) is 7.72. The number of amides is 1. The average Bonchev–Trinajstić information content (AvgIpc) is 2.78. The van der Waals surface area contributed by atoms with Gasteiger partial charge in [0.05, 0.1) is 6.10 Å². The summed E-state index contributed by atoms with van der Waals surface area (Å²) in [5.74, 6) is 1.60. The minimum Gasteiger partial charge on any atom is -0.486 e. The molecule has 2 atom stereocenters. The number of carbonyl (C=O) groups is 1. The van der Waals surface area contributed by atoms with Crippen LogP contribution in [0.1, 0.15) is 43.8 Å². The third-order valence-corrected chi connectivity index (χ3v) is 5.71. The number of likely N-dealkylation sites (N-methyl/N-ethyl adjacent to an activating group) is 1. The third-order valence-electron chi connectivity index (χ3n) is 5.71. The molecule has 0 saturated carbocycles. The summed E-state index contributed by atoms with van der Waals surface area (Å²) in [7, 11) is 1.94. The molecule has 1 fully saturated rings. The molecule has 1 saturated heterocycles. The molecule has 1 amide bonds. The zero-order valence-corrected chi connectivity index (χ0v) is 17.5. The molecule has 2 aliphatic rings. The Kier molecular flexibility index (Phi) is 9.05. The number of likely N-dealkylation sites (tertiary alicyclic amines) is 1. The number of nitrogens with zero attached hydrogens (tertiary/aromatic N) is 1. The van der Waals surface area contributed by atoms with Crippen LogP contribution in [0, 0.1) is 0 Å². The van der Waals surface area contributed by atoms with Gasteiger partial charge in [-0.1, -0.05) is 12.5 Å². The van der Waals surface area contributed by atoms with Crippen molar-refractivity contribution in [2.24, 2.45) is 0 Å². The van der Waals surface area contributed by atoms with E-state index in [0.29, 0.717) is 32.4 Å². The first-order chi connectivity index (χ1) is 14.3. The minimum atomic E-state index is -0.0362. The highest BCUT2D eigenvalue weighted by Crippen LogP contribution is 2.33. The Morgan fingerprint density at radius 2 is 1.93 bits per heavy atom. The molecule has 29 heavy (non-hydrogen) atoms. The minimum absolute atomic E-state index is 0.0362. The van der Waals surface area contributed by atoms with Crippen LogP contribution in [0.25, 0.3) is 0 Å². The first-order valence-electron chi connectivity index (χ1n) is 10.9. The van der Waals surface area contributed by atoms with Crippen LogP contribution in [0.15, 0.2) is 18.2 Å². The van der Waals surface area contributed by atoms with Gasteiger partial charge in [0.25, 0.3) is 0 Å². The molecule has 7 heteroatoms. The van der Waals surface area contributed by atoms with Crippen molar-refractivity contribution in [3.8, 4) is 11.5 Å². The van der Waals surface area contributed by atoms with Gasteiger partial charge >= 0.3 is 0 Å². The molecule has 0 bridgehead atoms. The summed E-state index contributed by atoms with van der Waals surface area (Å²) in [5, 5.41) is 6.04. The maximum Gasteiger partial charge on any atom is 0.207 e. The largest absolute Gasteiger partial charge is 0.486 e. The van der Waals surface area contributed by atoms with Crippen molar-refractivity contribution in [1.29, 1.82) is 0 Å². The van der Waals surface area contributed by atoms with Crippen LogP contribution in [0.2, 0.25) is 0 Å². The summed E-state index contributed by atoms with van der Waals surface area (Å²) in [6.45, 7) is 5.61. The number of piperidine rings is 1. The first kappa shape index (κ1) is 21.9. The smallest absolute Gasteiger partial charge is 0.207 e. The van der Waals surface area contributed by atoms with E-state index < -0.39 is 0 Å². The van der Waals surface area contributed by atoms with E-state index in [9.17, 15) is 4.79 Å². The molecule has 0 aliphatic carbocycles. The highest BCUT2D eigenvalue weighted by Gasteiger charge is 2.22. The number of benzene rings is 1. The lowest BCUT2D eigenvalue weighted by Gasteiger charge is -2.35. The van der Waals surface area contributed by atoms with Gasteiger partial charge in [-0.15, -0.1) is 0 Å². The Hall–Kier alpha value is -1.83. The number of rotatable bonds is 12. The number of hydrogen-bond donors (Lipinski definition) is 2. The van der Waals surface area contributed by atoms with E-state index in [1.807, 2.05) is 19.2 Å². The van der Waals surface area contributed by atoms with Gasteiger partial charge in [0, 0.05) is 25.7 Å². The molecule has 2 unspecified atom stereocenters. The van der Waals surface area contributed by atoms with Crippen LogP contribution in [-0.2, 0) is 9.53 Å². The maximum absolute atomic E-state index is 10.6. The van der Waals surface area contributed by atoms with Crippen molar-refractivity contribution in [1.82, 2.24) is 15.5 Å². The fourth-order valence-corrected chi connectivity index (χ4v) is 4.17. The third kappa shape index (κ3) is 6.59. The van der Waals surface area contributed by atoms with Crippen molar-refractivity contribution in [3.63, 3.8) is 0 Å². The average molecular weight is 406 g/mol. The molecular formula is C22H35N3O4. The number of carbonyl (C=O) groups excluding carboxylic acids is 1. The van der Waals surface area contributed by atoms with Gasteiger partial charge in [-0.05, 0) is 63.5 Å². The van der Waals surface area contributed by atoms with E-state index in [1.54, 1.807) is 0 Å². The molecular weight excluding hydrogens is 370 g/mol. The Bertz CT molecular complexity index is 622. The van der Waals surface area contributed by atoms with Gasteiger partial charge in [0.15, 0.2) is 11.5 Å². The zero-order chi connectivity index (χ0) is 20.3. The Labute approximate surface area is 174 Å². The predicted molar refractivity (Wildman–Crippen MR) is 113 cm³/mol. The Morgan fingerprint density at radius 3 is 2.69 bits per heavy atom. The lowest BCUT2D eigenvalue weighted by molar-refractivity contribution is -0.109. The molecule has 1 aromatic carbocycles. The van der Waals surface area contributed by atoms with Crippen molar-refractivity contribution in [2.45, 2.75) is 44.2 Å². The quantitative estimate of drug-likeness (QED) is 0.410. The van der Waals surface area contributed by atoms with Gasteiger partial charge in [-0.25, -0.2) is 0 Å². The monoisotopic (exact) mass is 405 g/mol. The lowest BCUT2D eigenvalue weighted by atomic mass is 10.0.